The third-order valence-corrected chi connectivity index (χ3v) is 5.55. The lowest BCUT2D eigenvalue weighted by Gasteiger charge is -2.21. The number of anilines is 3. The maximum absolute atomic E-state index is 13.5. The molecule has 1 unspecified atom stereocenters. The van der Waals surface area contributed by atoms with E-state index in [9.17, 15) is 9.59 Å². The van der Waals surface area contributed by atoms with Crippen molar-refractivity contribution in [1.29, 1.82) is 0 Å². The van der Waals surface area contributed by atoms with Crippen LogP contribution in [0.3, 0.4) is 0 Å². The van der Waals surface area contributed by atoms with Crippen LogP contribution in [0.15, 0.2) is 114 Å². The Kier molecular flexibility index (Phi) is 5.50. The van der Waals surface area contributed by atoms with Crippen LogP contribution in [0.1, 0.15) is 0 Å². The number of hydrogen-bond donors (Lipinski definition) is 1. The first-order chi connectivity index (χ1) is 16.1. The minimum Gasteiger partial charge on any atom is -0.322 e. The molecular formula is C26H19ClN4O2. The van der Waals surface area contributed by atoms with Crippen molar-refractivity contribution >= 4 is 46.4 Å². The second-order valence-electron chi connectivity index (χ2n) is 7.50. The summed E-state index contributed by atoms with van der Waals surface area (Å²) in [4.78, 5) is 34.0. The maximum Gasteiger partial charge on any atom is 0.335 e. The Morgan fingerprint density at radius 2 is 1.58 bits per heavy atom. The van der Waals surface area contributed by atoms with Crippen LogP contribution in [0.5, 0.6) is 0 Å². The summed E-state index contributed by atoms with van der Waals surface area (Å²) in [6, 6.07) is 25.0. The van der Waals surface area contributed by atoms with Gasteiger partial charge in [-0.15, -0.1) is 0 Å². The van der Waals surface area contributed by atoms with E-state index < -0.39 is 6.04 Å². The topological polar surface area (TPSA) is 65.0 Å². The normalized spacial score (nSPS) is 18.3. The molecule has 6 nitrogen and oxygen atoms in total. The van der Waals surface area contributed by atoms with Crippen LogP contribution in [0.4, 0.5) is 21.9 Å². The third kappa shape index (κ3) is 4.16. The van der Waals surface area contributed by atoms with Crippen molar-refractivity contribution in [2.45, 2.75) is 6.04 Å². The molecule has 0 aromatic heterocycles. The lowest BCUT2D eigenvalue weighted by Crippen LogP contribution is -2.34. The smallest absolute Gasteiger partial charge is 0.322 e. The fraction of sp³-hybridized carbons (Fsp3) is 0.0385. The van der Waals surface area contributed by atoms with Gasteiger partial charge in [0.15, 0.2) is 0 Å². The molecule has 1 atom stereocenters. The lowest BCUT2D eigenvalue weighted by atomic mass is 10.1. The van der Waals surface area contributed by atoms with Crippen LogP contribution in [-0.2, 0) is 4.79 Å². The van der Waals surface area contributed by atoms with Gasteiger partial charge in [0.05, 0.1) is 11.4 Å². The predicted octanol–water partition coefficient (Wildman–Crippen LogP) is 5.65. The number of hydrogen-bond acceptors (Lipinski definition) is 3. The van der Waals surface area contributed by atoms with Crippen LogP contribution in [0.25, 0.3) is 0 Å². The van der Waals surface area contributed by atoms with Gasteiger partial charge in [0.1, 0.15) is 11.9 Å². The Morgan fingerprint density at radius 3 is 2.27 bits per heavy atom. The molecule has 2 aliphatic rings. The Bertz CT molecular complexity index is 1280. The molecule has 0 saturated carbocycles. The van der Waals surface area contributed by atoms with Gasteiger partial charge in [0.2, 0.25) is 0 Å². The molecule has 7 heteroatoms. The number of nitrogens with one attached hydrogen (secondary N) is 1. The van der Waals surface area contributed by atoms with Crippen LogP contribution in [-0.4, -0.2) is 23.8 Å². The van der Waals surface area contributed by atoms with E-state index in [0.29, 0.717) is 33.6 Å². The number of urea groups is 1. The SMILES string of the molecule is O=C(/C=C1/C=CC2C(=N1)N(c1ccccc1)C(=O)N2c1ccc(Cl)cc1)Nc1ccccc1. The summed E-state index contributed by atoms with van der Waals surface area (Å²) in [5.41, 5.74) is 2.56. The molecule has 5 rings (SSSR count). The van der Waals surface area contributed by atoms with Crippen molar-refractivity contribution in [3.05, 3.63) is 114 Å². The molecule has 0 bridgehead atoms. The molecule has 1 saturated heterocycles. The van der Waals surface area contributed by atoms with Crippen molar-refractivity contribution in [3.8, 4) is 0 Å². The number of fused-ring (bicyclic) bond motifs is 1. The number of amides is 3. The van der Waals surface area contributed by atoms with Crippen molar-refractivity contribution in [3.63, 3.8) is 0 Å². The highest BCUT2D eigenvalue weighted by molar-refractivity contribution is 6.32. The number of dihydropyridines is 1. The minimum atomic E-state index is -0.409. The Hall–Kier alpha value is -4.16. The number of aliphatic imine (C=N–C) groups is 1. The molecule has 1 fully saturated rings. The number of halogens is 1. The third-order valence-electron chi connectivity index (χ3n) is 5.30. The van der Waals surface area contributed by atoms with Gasteiger partial charge in [-0.2, -0.15) is 0 Å². The molecule has 2 heterocycles. The summed E-state index contributed by atoms with van der Waals surface area (Å²) in [7, 11) is 0. The number of rotatable bonds is 4. The predicted molar refractivity (Wildman–Crippen MR) is 132 cm³/mol. The van der Waals surface area contributed by atoms with Gasteiger partial charge in [0, 0.05) is 22.5 Å². The average molecular weight is 455 g/mol. The summed E-state index contributed by atoms with van der Waals surface area (Å²) < 4.78 is 0. The Balaban J connectivity index is 1.51. The van der Waals surface area contributed by atoms with E-state index in [2.05, 4.69) is 5.32 Å². The first-order valence-electron chi connectivity index (χ1n) is 10.4. The monoisotopic (exact) mass is 454 g/mol. The van der Waals surface area contributed by atoms with Gasteiger partial charge in [-0.25, -0.2) is 14.7 Å². The van der Waals surface area contributed by atoms with E-state index in [-0.39, 0.29) is 11.9 Å². The number of carbonyl (C=O) groups is 2. The quantitative estimate of drug-likeness (QED) is 0.518. The molecule has 3 aromatic rings. The van der Waals surface area contributed by atoms with Gasteiger partial charge in [0.25, 0.3) is 5.91 Å². The van der Waals surface area contributed by atoms with Crippen molar-refractivity contribution in [2.75, 3.05) is 15.1 Å². The Labute approximate surface area is 196 Å². The zero-order valence-electron chi connectivity index (χ0n) is 17.4. The highest BCUT2D eigenvalue weighted by Crippen LogP contribution is 2.34. The van der Waals surface area contributed by atoms with E-state index >= 15 is 0 Å². The summed E-state index contributed by atoms with van der Waals surface area (Å²) >= 11 is 6.05. The fourth-order valence-corrected chi connectivity index (χ4v) is 3.95. The highest BCUT2D eigenvalue weighted by atomic mass is 35.5. The molecule has 1 N–H and O–H groups in total. The van der Waals surface area contributed by atoms with Crippen molar-refractivity contribution < 1.29 is 9.59 Å². The number of para-hydroxylation sites is 2. The van der Waals surface area contributed by atoms with Gasteiger partial charge < -0.3 is 5.32 Å². The molecule has 3 aromatic carbocycles. The number of nitrogens with zero attached hydrogens (tertiary/aromatic N) is 3. The summed E-state index contributed by atoms with van der Waals surface area (Å²) in [5.74, 6) is 0.233. The van der Waals surface area contributed by atoms with E-state index in [4.69, 9.17) is 16.6 Å². The first-order valence-corrected chi connectivity index (χ1v) is 10.8. The molecule has 0 aliphatic carbocycles. The van der Waals surface area contributed by atoms with Crippen LogP contribution < -0.4 is 15.1 Å². The summed E-state index contributed by atoms with van der Waals surface area (Å²) in [6.45, 7) is 0. The Morgan fingerprint density at radius 1 is 0.909 bits per heavy atom. The van der Waals surface area contributed by atoms with Crippen molar-refractivity contribution in [1.82, 2.24) is 0 Å². The first kappa shape index (κ1) is 20.7. The van der Waals surface area contributed by atoms with Crippen LogP contribution in [0, 0.1) is 0 Å². The summed E-state index contributed by atoms with van der Waals surface area (Å²) in [6.07, 6.45) is 5.05. The standard InChI is InChI=1S/C26H19ClN4O2/c27-18-11-14-22(15-12-18)30-23-16-13-20(17-24(32)28-19-7-3-1-4-8-19)29-25(23)31(26(30)33)21-9-5-2-6-10-21/h1-17,23H,(H,28,32)/b20-17-. The van der Waals surface area contributed by atoms with E-state index in [1.165, 1.54) is 6.08 Å². The molecule has 2 aliphatic heterocycles. The summed E-state index contributed by atoms with van der Waals surface area (Å²) in [5, 5.41) is 3.41. The molecule has 0 spiro atoms. The van der Waals surface area contributed by atoms with E-state index in [0.717, 1.165) is 0 Å². The number of benzene rings is 3. The van der Waals surface area contributed by atoms with Gasteiger partial charge in [-0.3, -0.25) is 9.69 Å². The second-order valence-corrected chi connectivity index (χ2v) is 7.93. The van der Waals surface area contributed by atoms with E-state index in [1.807, 2.05) is 66.7 Å². The maximum atomic E-state index is 13.5. The van der Waals surface area contributed by atoms with Gasteiger partial charge >= 0.3 is 6.03 Å². The van der Waals surface area contributed by atoms with E-state index in [1.54, 1.807) is 40.1 Å². The van der Waals surface area contributed by atoms with Gasteiger partial charge in [-0.1, -0.05) is 54.1 Å². The van der Waals surface area contributed by atoms with Gasteiger partial charge in [-0.05, 0) is 54.6 Å². The number of amidine groups is 1. The average Bonchev–Trinajstić information content (AvgIpc) is 3.12. The molecule has 0 radical (unpaired) electrons. The zero-order chi connectivity index (χ0) is 22.8. The lowest BCUT2D eigenvalue weighted by molar-refractivity contribution is -0.111. The van der Waals surface area contributed by atoms with Crippen molar-refractivity contribution in [2.24, 2.45) is 4.99 Å². The number of carbonyl (C=O) groups excluding carboxylic acids is 2. The second kappa shape index (κ2) is 8.76. The molecule has 162 valence electrons. The van der Waals surface area contributed by atoms with Crippen LogP contribution >= 0.6 is 11.6 Å². The minimum absolute atomic E-state index is 0.230. The molecular weight excluding hydrogens is 436 g/mol. The van der Waals surface area contributed by atoms with Crippen LogP contribution in [0.2, 0.25) is 5.02 Å². The zero-order valence-corrected chi connectivity index (χ0v) is 18.2. The molecule has 3 amide bonds. The highest BCUT2D eigenvalue weighted by Gasteiger charge is 2.44. The largest absolute Gasteiger partial charge is 0.335 e. The fourth-order valence-electron chi connectivity index (χ4n) is 3.83. The molecule has 33 heavy (non-hydrogen) atoms. The number of allylic oxidation sites excluding steroid dienone is 1.